The van der Waals surface area contributed by atoms with Crippen LogP contribution in [-0.4, -0.2) is 56.0 Å². The van der Waals surface area contributed by atoms with E-state index in [4.69, 9.17) is 0 Å². The Hall–Kier alpha value is -3.05. The number of amides is 1. The minimum atomic E-state index is -3.65. The molecule has 0 spiro atoms. The average molecular weight is 444 g/mol. The summed E-state index contributed by atoms with van der Waals surface area (Å²) in [5, 5.41) is 11.0. The number of hydrogen-bond acceptors (Lipinski definition) is 6. The van der Waals surface area contributed by atoms with Gasteiger partial charge < -0.3 is 14.5 Å². The molecule has 3 heterocycles. The Morgan fingerprint density at radius 2 is 1.90 bits per heavy atom. The van der Waals surface area contributed by atoms with Crippen molar-refractivity contribution in [3.63, 3.8) is 0 Å². The second-order valence-electron chi connectivity index (χ2n) is 7.75. The highest BCUT2D eigenvalue weighted by molar-refractivity contribution is 7.89. The van der Waals surface area contributed by atoms with E-state index in [-0.39, 0.29) is 29.9 Å². The van der Waals surface area contributed by atoms with Crippen LogP contribution in [0.1, 0.15) is 18.7 Å². The molecule has 10 nitrogen and oxygen atoms in total. The summed E-state index contributed by atoms with van der Waals surface area (Å²) in [7, 11) is -0.0350. The monoisotopic (exact) mass is 443 g/mol. The van der Waals surface area contributed by atoms with Gasteiger partial charge in [0.2, 0.25) is 5.91 Å². The maximum Gasteiger partial charge on any atom is 0.262 e. The lowest BCUT2D eigenvalue weighted by molar-refractivity contribution is -0.120. The summed E-state index contributed by atoms with van der Waals surface area (Å²) in [6.07, 6.45) is 4.06. The fraction of sp³-hybridized carbons (Fsp3) is 0.400. The number of anilines is 1. The van der Waals surface area contributed by atoms with Gasteiger partial charge in [-0.05, 0) is 31.9 Å². The van der Waals surface area contributed by atoms with Gasteiger partial charge in [-0.15, -0.1) is 10.2 Å². The predicted octanol–water partition coefficient (Wildman–Crippen LogP) is 1.56. The van der Waals surface area contributed by atoms with Crippen LogP contribution in [0.5, 0.6) is 0 Å². The zero-order chi connectivity index (χ0) is 22.2. The van der Waals surface area contributed by atoms with Gasteiger partial charge in [0.1, 0.15) is 12.2 Å². The van der Waals surface area contributed by atoms with Crippen molar-refractivity contribution >= 4 is 21.6 Å². The van der Waals surface area contributed by atoms with E-state index in [0.717, 1.165) is 5.56 Å². The summed E-state index contributed by atoms with van der Waals surface area (Å²) < 4.78 is 30.6. The van der Waals surface area contributed by atoms with Gasteiger partial charge >= 0.3 is 0 Å². The SMILES string of the molecule is Cc1nc(S(=O)(=O)N2CCC(C(=O)Nc3cccc(-c4nncn4C)c3)CC2)cn1C. The number of benzene rings is 1. The molecule has 0 aliphatic carbocycles. The number of aryl methyl sites for hydroxylation is 3. The molecule has 4 rings (SSSR count). The van der Waals surface area contributed by atoms with E-state index in [0.29, 0.717) is 30.2 Å². The third-order valence-corrected chi connectivity index (χ3v) is 7.39. The molecule has 1 saturated heterocycles. The van der Waals surface area contributed by atoms with Crippen LogP contribution in [0.2, 0.25) is 0 Å². The molecule has 31 heavy (non-hydrogen) atoms. The van der Waals surface area contributed by atoms with E-state index < -0.39 is 10.0 Å². The van der Waals surface area contributed by atoms with Gasteiger partial charge in [0.15, 0.2) is 10.9 Å². The van der Waals surface area contributed by atoms with E-state index in [2.05, 4.69) is 20.5 Å². The van der Waals surface area contributed by atoms with Gasteiger partial charge in [-0.3, -0.25) is 4.79 Å². The van der Waals surface area contributed by atoms with Gasteiger partial charge in [0.05, 0.1) is 0 Å². The van der Waals surface area contributed by atoms with E-state index in [9.17, 15) is 13.2 Å². The minimum Gasteiger partial charge on any atom is -0.337 e. The van der Waals surface area contributed by atoms with Gasteiger partial charge in [-0.1, -0.05) is 12.1 Å². The highest BCUT2D eigenvalue weighted by Gasteiger charge is 2.33. The topological polar surface area (TPSA) is 115 Å². The largest absolute Gasteiger partial charge is 0.337 e. The van der Waals surface area contributed by atoms with Crippen molar-refractivity contribution < 1.29 is 13.2 Å². The molecule has 0 saturated carbocycles. The predicted molar refractivity (Wildman–Crippen MR) is 114 cm³/mol. The van der Waals surface area contributed by atoms with Crippen LogP contribution < -0.4 is 5.32 Å². The van der Waals surface area contributed by atoms with Crippen molar-refractivity contribution in [1.29, 1.82) is 0 Å². The zero-order valence-electron chi connectivity index (χ0n) is 17.7. The summed E-state index contributed by atoms with van der Waals surface area (Å²) >= 11 is 0. The fourth-order valence-corrected chi connectivity index (χ4v) is 5.16. The second kappa shape index (κ2) is 8.23. The smallest absolute Gasteiger partial charge is 0.262 e. The van der Waals surface area contributed by atoms with Crippen LogP contribution in [0.15, 0.2) is 41.8 Å². The lowest BCUT2D eigenvalue weighted by Crippen LogP contribution is -2.41. The number of carbonyl (C=O) groups excluding carboxylic acids is 1. The molecule has 0 atom stereocenters. The minimum absolute atomic E-state index is 0.0518. The standard InChI is InChI=1S/C20H25N7O3S/c1-14-22-18(12-25(14)2)31(29,30)27-9-7-15(8-10-27)20(28)23-17-6-4-5-16(11-17)19-24-21-13-26(19)3/h4-6,11-13,15H,7-10H2,1-3H3,(H,23,28). The quantitative estimate of drug-likeness (QED) is 0.640. The maximum absolute atomic E-state index is 12.8. The summed E-state index contributed by atoms with van der Waals surface area (Å²) in [5.41, 5.74) is 1.52. The Kier molecular flexibility index (Phi) is 5.63. The van der Waals surface area contributed by atoms with E-state index in [1.807, 2.05) is 31.3 Å². The van der Waals surface area contributed by atoms with Crippen molar-refractivity contribution in [3.8, 4) is 11.4 Å². The second-order valence-corrected chi connectivity index (χ2v) is 9.64. The Labute approximate surface area is 181 Å². The molecule has 164 valence electrons. The molecule has 1 aromatic carbocycles. The number of nitrogens with one attached hydrogen (secondary N) is 1. The maximum atomic E-state index is 12.8. The third-order valence-electron chi connectivity index (χ3n) is 5.62. The Morgan fingerprint density at radius 3 is 2.52 bits per heavy atom. The van der Waals surface area contributed by atoms with Gasteiger partial charge in [-0.2, -0.15) is 4.31 Å². The number of nitrogens with zero attached hydrogens (tertiary/aromatic N) is 6. The van der Waals surface area contributed by atoms with E-state index in [1.54, 1.807) is 29.4 Å². The Bertz CT molecular complexity index is 1190. The molecule has 1 amide bonds. The molecule has 1 N–H and O–H groups in total. The first-order valence-corrected chi connectivity index (χ1v) is 11.4. The van der Waals surface area contributed by atoms with Gasteiger partial charge in [0, 0.05) is 50.6 Å². The average Bonchev–Trinajstić information content (AvgIpc) is 3.33. The van der Waals surface area contributed by atoms with Crippen LogP contribution in [-0.2, 0) is 28.9 Å². The summed E-state index contributed by atoms with van der Waals surface area (Å²) in [4.78, 5) is 16.9. The highest BCUT2D eigenvalue weighted by atomic mass is 32.2. The first-order chi connectivity index (χ1) is 14.8. The highest BCUT2D eigenvalue weighted by Crippen LogP contribution is 2.26. The molecule has 0 radical (unpaired) electrons. The summed E-state index contributed by atoms with van der Waals surface area (Å²) in [5.74, 6) is 0.979. The Morgan fingerprint density at radius 1 is 1.16 bits per heavy atom. The molecule has 0 bridgehead atoms. The normalized spacial score (nSPS) is 15.8. The number of piperidine rings is 1. The number of carbonyl (C=O) groups is 1. The third kappa shape index (κ3) is 4.23. The number of aromatic nitrogens is 5. The summed E-state index contributed by atoms with van der Waals surface area (Å²) in [6.45, 7) is 2.33. The van der Waals surface area contributed by atoms with Crippen molar-refractivity contribution in [2.75, 3.05) is 18.4 Å². The van der Waals surface area contributed by atoms with E-state index in [1.165, 1.54) is 10.5 Å². The molecule has 2 aromatic heterocycles. The molecular formula is C20H25N7O3S. The molecular weight excluding hydrogens is 418 g/mol. The van der Waals surface area contributed by atoms with Crippen LogP contribution in [0.3, 0.4) is 0 Å². The molecule has 1 fully saturated rings. The first-order valence-electron chi connectivity index (χ1n) is 10.0. The summed E-state index contributed by atoms with van der Waals surface area (Å²) in [6, 6.07) is 7.43. The van der Waals surface area contributed by atoms with Crippen LogP contribution in [0.25, 0.3) is 11.4 Å². The zero-order valence-corrected chi connectivity index (χ0v) is 18.5. The molecule has 1 aliphatic rings. The Balaban J connectivity index is 1.39. The first kappa shape index (κ1) is 21.2. The van der Waals surface area contributed by atoms with Crippen molar-refractivity contribution in [2.45, 2.75) is 24.8 Å². The molecule has 11 heteroatoms. The van der Waals surface area contributed by atoms with Crippen molar-refractivity contribution in [2.24, 2.45) is 20.0 Å². The lowest BCUT2D eigenvalue weighted by Gasteiger charge is -2.30. The van der Waals surface area contributed by atoms with Crippen molar-refractivity contribution in [3.05, 3.63) is 42.6 Å². The number of rotatable bonds is 5. The molecule has 0 unspecified atom stereocenters. The lowest BCUT2D eigenvalue weighted by atomic mass is 9.97. The van der Waals surface area contributed by atoms with Crippen LogP contribution >= 0.6 is 0 Å². The van der Waals surface area contributed by atoms with Gasteiger partial charge in [-0.25, -0.2) is 13.4 Å². The van der Waals surface area contributed by atoms with Crippen LogP contribution in [0, 0.1) is 12.8 Å². The molecule has 1 aliphatic heterocycles. The molecule has 3 aromatic rings. The van der Waals surface area contributed by atoms with Crippen LogP contribution in [0.4, 0.5) is 5.69 Å². The van der Waals surface area contributed by atoms with Gasteiger partial charge in [0.25, 0.3) is 10.0 Å². The fourth-order valence-electron chi connectivity index (χ4n) is 3.67. The van der Waals surface area contributed by atoms with E-state index >= 15 is 0 Å². The number of hydrogen-bond donors (Lipinski definition) is 1. The number of sulfonamides is 1. The van der Waals surface area contributed by atoms with Crippen molar-refractivity contribution in [1.82, 2.24) is 28.6 Å². The number of imidazole rings is 1.